The van der Waals surface area contributed by atoms with E-state index >= 15 is 0 Å². The van der Waals surface area contributed by atoms with E-state index in [2.05, 4.69) is 10.6 Å². The van der Waals surface area contributed by atoms with Gasteiger partial charge in [-0.2, -0.15) is 0 Å². The number of rotatable bonds is 1. The van der Waals surface area contributed by atoms with Crippen LogP contribution in [-0.4, -0.2) is 35.5 Å². The van der Waals surface area contributed by atoms with E-state index in [4.69, 9.17) is 5.11 Å². The molecule has 0 aromatic carbocycles. The van der Waals surface area contributed by atoms with E-state index in [-0.39, 0.29) is 11.8 Å². The summed E-state index contributed by atoms with van der Waals surface area (Å²) < 4.78 is 0. The molecule has 0 aromatic rings. The van der Waals surface area contributed by atoms with Gasteiger partial charge < -0.3 is 15.7 Å². The minimum absolute atomic E-state index is 0.0763. The average Bonchev–Trinajstić information content (AvgIpc) is 2.47. The van der Waals surface area contributed by atoms with E-state index in [1.807, 2.05) is 0 Å². The topological polar surface area (TPSA) is 95.5 Å². The summed E-state index contributed by atoms with van der Waals surface area (Å²) in [5, 5.41) is 14.6. The summed E-state index contributed by atoms with van der Waals surface area (Å²) in [6.07, 6.45) is 8.59. The third-order valence-electron chi connectivity index (χ3n) is 3.93. The molecule has 1 fully saturated rings. The maximum absolute atomic E-state index is 11.8. The van der Waals surface area contributed by atoms with Crippen molar-refractivity contribution in [3.63, 3.8) is 0 Å². The van der Waals surface area contributed by atoms with Gasteiger partial charge in [0.1, 0.15) is 6.04 Å². The highest BCUT2D eigenvalue weighted by atomic mass is 16.4. The van der Waals surface area contributed by atoms with Gasteiger partial charge in [-0.1, -0.05) is 25.7 Å². The van der Waals surface area contributed by atoms with E-state index in [9.17, 15) is 14.4 Å². The lowest BCUT2D eigenvalue weighted by Gasteiger charge is -2.14. The molecule has 1 atom stereocenters. The quantitative estimate of drug-likeness (QED) is 0.690. The molecule has 1 heterocycles. The number of amides is 2. The molecule has 2 amide bonds. The molecule has 0 unspecified atom stereocenters. The standard InChI is InChI=1S/C16H28N2O4/c19-14-10-5-3-1-2-4-6-11-15(20)18-13(16(21)22)9-7-8-12-17-14/h13H,1-12H2,(H,17,19)(H,18,20)(H,21,22)/t13-/m0/s1. The van der Waals surface area contributed by atoms with Gasteiger partial charge in [0.15, 0.2) is 0 Å². The molecule has 0 spiro atoms. The second kappa shape index (κ2) is 11.0. The van der Waals surface area contributed by atoms with E-state index in [0.717, 1.165) is 44.9 Å². The van der Waals surface area contributed by atoms with Crippen LogP contribution in [0.5, 0.6) is 0 Å². The Bertz CT molecular complexity index is 371. The number of hydrogen-bond donors (Lipinski definition) is 3. The molecular formula is C16H28N2O4. The highest BCUT2D eigenvalue weighted by Gasteiger charge is 2.19. The first-order valence-corrected chi connectivity index (χ1v) is 8.38. The molecule has 0 aliphatic carbocycles. The van der Waals surface area contributed by atoms with Crippen LogP contribution >= 0.6 is 0 Å². The van der Waals surface area contributed by atoms with Crippen LogP contribution < -0.4 is 10.6 Å². The van der Waals surface area contributed by atoms with Crippen LogP contribution in [0.25, 0.3) is 0 Å². The first-order valence-electron chi connectivity index (χ1n) is 8.38. The van der Waals surface area contributed by atoms with Crippen molar-refractivity contribution < 1.29 is 19.5 Å². The maximum atomic E-state index is 11.8. The second-order valence-corrected chi connectivity index (χ2v) is 5.93. The van der Waals surface area contributed by atoms with Crippen molar-refractivity contribution in [1.29, 1.82) is 0 Å². The zero-order valence-electron chi connectivity index (χ0n) is 13.2. The third kappa shape index (κ3) is 8.64. The molecule has 0 aromatic heterocycles. The first-order chi connectivity index (χ1) is 10.6. The van der Waals surface area contributed by atoms with Gasteiger partial charge in [-0.3, -0.25) is 9.59 Å². The van der Waals surface area contributed by atoms with E-state index in [0.29, 0.717) is 32.2 Å². The molecule has 1 saturated heterocycles. The van der Waals surface area contributed by atoms with Gasteiger partial charge in [0, 0.05) is 19.4 Å². The molecule has 1 rings (SSSR count). The van der Waals surface area contributed by atoms with Crippen LogP contribution in [0, 0.1) is 0 Å². The highest BCUT2D eigenvalue weighted by molar-refractivity contribution is 5.83. The number of hydrogen-bond acceptors (Lipinski definition) is 3. The van der Waals surface area contributed by atoms with Crippen LogP contribution in [0.4, 0.5) is 0 Å². The third-order valence-corrected chi connectivity index (χ3v) is 3.93. The SMILES string of the molecule is O=C1CCCCCCCCC(=O)N[C@H](C(=O)O)CCCCN1. The van der Waals surface area contributed by atoms with Gasteiger partial charge in [0.25, 0.3) is 0 Å². The Labute approximate surface area is 132 Å². The van der Waals surface area contributed by atoms with Gasteiger partial charge in [-0.25, -0.2) is 4.79 Å². The largest absolute Gasteiger partial charge is 0.480 e. The van der Waals surface area contributed by atoms with E-state index < -0.39 is 12.0 Å². The van der Waals surface area contributed by atoms with Crippen molar-refractivity contribution in [2.24, 2.45) is 0 Å². The van der Waals surface area contributed by atoms with Crippen LogP contribution in [0.1, 0.15) is 70.6 Å². The lowest BCUT2D eigenvalue weighted by Crippen LogP contribution is -2.40. The van der Waals surface area contributed by atoms with Crippen LogP contribution in [-0.2, 0) is 14.4 Å². The van der Waals surface area contributed by atoms with Gasteiger partial charge >= 0.3 is 5.97 Å². The Morgan fingerprint density at radius 2 is 1.45 bits per heavy atom. The molecule has 1 aliphatic heterocycles. The zero-order chi connectivity index (χ0) is 16.2. The van der Waals surface area contributed by atoms with Crippen molar-refractivity contribution in [1.82, 2.24) is 10.6 Å². The number of carboxylic acids is 1. The van der Waals surface area contributed by atoms with Crippen molar-refractivity contribution >= 4 is 17.8 Å². The fourth-order valence-corrected chi connectivity index (χ4v) is 2.59. The van der Waals surface area contributed by atoms with E-state index in [1.165, 1.54) is 0 Å². The van der Waals surface area contributed by atoms with Gasteiger partial charge in [0.05, 0.1) is 0 Å². The molecule has 0 radical (unpaired) electrons. The minimum atomic E-state index is -0.990. The summed E-state index contributed by atoms with van der Waals surface area (Å²) in [4.78, 5) is 34.5. The number of carbonyl (C=O) groups excluding carboxylic acids is 2. The van der Waals surface area contributed by atoms with Crippen molar-refractivity contribution in [3.8, 4) is 0 Å². The summed E-state index contributed by atoms with van der Waals surface area (Å²) >= 11 is 0. The van der Waals surface area contributed by atoms with Crippen molar-refractivity contribution in [2.75, 3.05) is 6.54 Å². The molecule has 1 aliphatic rings. The summed E-state index contributed by atoms with van der Waals surface area (Å²) in [6, 6.07) is -0.820. The molecule has 22 heavy (non-hydrogen) atoms. The lowest BCUT2D eigenvalue weighted by atomic mass is 10.1. The van der Waals surface area contributed by atoms with Crippen molar-refractivity contribution in [3.05, 3.63) is 0 Å². The first kappa shape index (κ1) is 18.5. The Morgan fingerprint density at radius 1 is 0.864 bits per heavy atom. The molecule has 0 bridgehead atoms. The average molecular weight is 312 g/mol. The Morgan fingerprint density at radius 3 is 2.09 bits per heavy atom. The fourth-order valence-electron chi connectivity index (χ4n) is 2.59. The van der Waals surface area contributed by atoms with Crippen LogP contribution in [0.15, 0.2) is 0 Å². The summed E-state index contributed by atoms with van der Waals surface area (Å²) in [7, 11) is 0. The van der Waals surface area contributed by atoms with Crippen molar-refractivity contribution in [2.45, 2.75) is 76.7 Å². The maximum Gasteiger partial charge on any atom is 0.326 e. The normalized spacial score (nSPS) is 23.9. The molecule has 126 valence electrons. The second-order valence-electron chi connectivity index (χ2n) is 5.93. The summed E-state index contributed by atoms with van der Waals surface area (Å²) in [5.41, 5.74) is 0. The Hall–Kier alpha value is -1.59. The van der Waals surface area contributed by atoms with Gasteiger partial charge in [0.2, 0.25) is 11.8 Å². The van der Waals surface area contributed by atoms with Gasteiger partial charge in [-0.05, 0) is 32.1 Å². The molecule has 3 N–H and O–H groups in total. The molecular weight excluding hydrogens is 284 g/mol. The highest BCUT2D eigenvalue weighted by Crippen LogP contribution is 2.10. The molecule has 0 saturated carbocycles. The monoisotopic (exact) mass is 312 g/mol. The van der Waals surface area contributed by atoms with Crippen LogP contribution in [0.3, 0.4) is 0 Å². The smallest absolute Gasteiger partial charge is 0.326 e. The lowest BCUT2D eigenvalue weighted by molar-refractivity contribution is -0.142. The number of aliphatic carboxylic acids is 1. The molecule has 6 nitrogen and oxygen atoms in total. The van der Waals surface area contributed by atoms with Crippen LogP contribution in [0.2, 0.25) is 0 Å². The zero-order valence-corrected chi connectivity index (χ0v) is 13.2. The summed E-state index contributed by atoms with van der Waals surface area (Å²) in [5.74, 6) is -1.09. The fraction of sp³-hybridized carbons (Fsp3) is 0.812. The Balaban J connectivity index is 2.44. The van der Waals surface area contributed by atoms with E-state index in [1.54, 1.807) is 0 Å². The van der Waals surface area contributed by atoms with Gasteiger partial charge in [-0.15, -0.1) is 0 Å². The Kier molecular flexibility index (Phi) is 9.26. The predicted octanol–water partition coefficient (Wildman–Crippen LogP) is 1.98. The number of carboxylic acid groups (broad SMARTS) is 1. The number of nitrogens with one attached hydrogen (secondary N) is 2. The number of carbonyl (C=O) groups is 3. The molecule has 6 heteroatoms. The minimum Gasteiger partial charge on any atom is -0.480 e. The summed E-state index contributed by atoms with van der Waals surface area (Å²) in [6.45, 7) is 0.569. The predicted molar refractivity (Wildman–Crippen MR) is 83.4 cm³/mol.